The van der Waals surface area contributed by atoms with Crippen LogP contribution in [-0.4, -0.2) is 41.0 Å². The number of hydrogen-bond donors (Lipinski definition) is 1. The first-order chi connectivity index (χ1) is 9.75. The molecule has 1 aliphatic rings. The number of nitro benzene ring substituents is 1. The van der Waals surface area contributed by atoms with Crippen LogP contribution >= 0.6 is 0 Å². The Labute approximate surface area is 120 Å². The fraction of sp³-hybridized carbons (Fsp3) is 0.462. The largest absolute Gasteiger partial charge is 0.392 e. The number of benzene rings is 1. The molecule has 0 unspecified atom stereocenters. The van der Waals surface area contributed by atoms with E-state index in [0.717, 1.165) is 12.1 Å². The highest BCUT2D eigenvalue weighted by Crippen LogP contribution is 2.31. The molecule has 114 valence electrons. The lowest BCUT2D eigenvalue weighted by Gasteiger charge is -2.42. The van der Waals surface area contributed by atoms with Crippen LogP contribution in [-0.2, 0) is 4.74 Å². The summed E-state index contributed by atoms with van der Waals surface area (Å²) in [6.07, 6.45) is 0. The van der Waals surface area contributed by atoms with Crippen LogP contribution in [0.5, 0.6) is 0 Å². The number of nitrogens with two attached hydrogens (primary N) is 1. The molecule has 1 heterocycles. The molecule has 0 aromatic heterocycles. The number of ether oxygens (including phenoxy) is 1. The molecule has 1 aromatic carbocycles. The van der Waals surface area contributed by atoms with Gasteiger partial charge >= 0.3 is 0 Å². The number of rotatable bonds is 2. The number of amides is 1. The molecule has 21 heavy (non-hydrogen) atoms. The number of nitro groups is 1. The van der Waals surface area contributed by atoms with Crippen molar-refractivity contribution in [1.29, 1.82) is 0 Å². The number of carbonyl (C=O) groups excluding carboxylic acids is 1. The smallest absolute Gasteiger partial charge is 0.293 e. The molecule has 0 aliphatic carbocycles. The van der Waals surface area contributed by atoms with Crippen LogP contribution < -0.4 is 5.73 Å². The monoisotopic (exact) mass is 297 g/mol. The van der Waals surface area contributed by atoms with Gasteiger partial charge in [0.15, 0.2) is 0 Å². The molecule has 8 heteroatoms. The fourth-order valence-electron chi connectivity index (χ4n) is 2.33. The maximum atomic E-state index is 14.0. The molecule has 0 radical (unpaired) electrons. The highest BCUT2D eigenvalue weighted by atomic mass is 19.1. The number of hydrogen-bond acceptors (Lipinski definition) is 5. The standard InChI is InChI=1S/C13H16FN3O4/c1-13(2)7-21-6-5-16(13)12(18)10-8(14)3-4-9(11(10)15)17(19)20/h3-4H,5-7,15H2,1-2H3. The second kappa shape index (κ2) is 5.28. The average molecular weight is 297 g/mol. The molecule has 2 N–H and O–H groups in total. The van der Waals surface area contributed by atoms with Gasteiger partial charge in [0.05, 0.1) is 23.7 Å². The van der Waals surface area contributed by atoms with E-state index in [-0.39, 0.29) is 6.54 Å². The lowest BCUT2D eigenvalue weighted by Crippen LogP contribution is -2.55. The Morgan fingerprint density at radius 2 is 2.19 bits per heavy atom. The second-order valence-electron chi connectivity index (χ2n) is 5.43. The summed E-state index contributed by atoms with van der Waals surface area (Å²) in [5.41, 5.74) is 3.59. The molecule has 0 saturated carbocycles. The van der Waals surface area contributed by atoms with Crippen LogP contribution in [0.3, 0.4) is 0 Å². The molecule has 0 spiro atoms. The number of anilines is 1. The predicted molar refractivity (Wildman–Crippen MR) is 73.4 cm³/mol. The third-order valence-corrected chi connectivity index (χ3v) is 3.47. The van der Waals surface area contributed by atoms with E-state index in [4.69, 9.17) is 10.5 Å². The van der Waals surface area contributed by atoms with Gasteiger partial charge in [0.2, 0.25) is 0 Å². The topological polar surface area (TPSA) is 98.7 Å². The number of morpholine rings is 1. The summed E-state index contributed by atoms with van der Waals surface area (Å²) in [6, 6.07) is 1.83. The molecular weight excluding hydrogens is 281 g/mol. The van der Waals surface area contributed by atoms with E-state index in [0.29, 0.717) is 13.2 Å². The van der Waals surface area contributed by atoms with Crippen LogP contribution in [0.4, 0.5) is 15.8 Å². The Bertz CT molecular complexity index is 603. The second-order valence-corrected chi connectivity index (χ2v) is 5.43. The molecule has 1 aromatic rings. The van der Waals surface area contributed by atoms with E-state index < -0.39 is 39.1 Å². The van der Waals surface area contributed by atoms with Crippen LogP contribution in [0.1, 0.15) is 24.2 Å². The first kappa shape index (κ1) is 15.2. The Balaban J connectivity index is 2.48. The maximum absolute atomic E-state index is 14.0. The van der Waals surface area contributed by atoms with E-state index in [1.165, 1.54) is 4.90 Å². The van der Waals surface area contributed by atoms with Gasteiger partial charge in [-0.05, 0) is 19.9 Å². The minimum Gasteiger partial charge on any atom is -0.392 e. The van der Waals surface area contributed by atoms with Crippen LogP contribution in [0.2, 0.25) is 0 Å². The van der Waals surface area contributed by atoms with Gasteiger partial charge < -0.3 is 15.4 Å². The summed E-state index contributed by atoms with van der Waals surface area (Å²) in [7, 11) is 0. The SMILES string of the molecule is CC1(C)COCCN1C(=O)c1c(F)ccc([N+](=O)[O-])c1N. The van der Waals surface area contributed by atoms with Gasteiger partial charge in [-0.1, -0.05) is 0 Å². The average Bonchev–Trinajstić information content (AvgIpc) is 2.37. The van der Waals surface area contributed by atoms with E-state index in [1.54, 1.807) is 13.8 Å². The molecule has 1 saturated heterocycles. The third kappa shape index (κ3) is 2.66. The zero-order valence-corrected chi connectivity index (χ0v) is 11.8. The minimum absolute atomic E-state index is 0.271. The molecule has 1 aliphatic heterocycles. The summed E-state index contributed by atoms with van der Waals surface area (Å²) in [5.74, 6) is -1.53. The highest BCUT2D eigenvalue weighted by Gasteiger charge is 2.37. The summed E-state index contributed by atoms with van der Waals surface area (Å²) < 4.78 is 19.3. The van der Waals surface area contributed by atoms with E-state index in [9.17, 15) is 19.3 Å². The minimum atomic E-state index is -0.870. The van der Waals surface area contributed by atoms with Crippen molar-refractivity contribution in [2.45, 2.75) is 19.4 Å². The van der Waals surface area contributed by atoms with Crippen molar-refractivity contribution >= 4 is 17.3 Å². The molecular formula is C13H16FN3O4. The molecule has 7 nitrogen and oxygen atoms in total. The summed E-state index contributed by atoms with van der Waals surface area (Å²) in [6.45, 7) is 4.44. The van der Waals surface area contributed by atoms with E-state index >= 15 is 0 Å². The maximum Gasteiger partial charge on any atom is 0.293 e. The fourth-order valence-corrected chi connectivity index (χ4v) is 2.33. The predicted octanol–water partition coefficient (Wildman–Crippen LogP) is 1.57. The number of halogens is 1. The van der Waals surface area contributed by atoms with Crippen molar-refractivity contribution in [2.24, 2.45) is 0 Å². The zero-order valence-electron chi connectivity index (χ0n) is 11.8. The lowest BCUT2D eigenvalue weighted by molar-refractivity contribution is -0.384. The van der Waals surface area contributed by atoms with Crippen LogP contribution in [0.15, 0.2) is 12.1 Å². The van der Waals surface area contributed by atoms with Gasteiger partial charge in [0.1, 0.15) is 17.1 Å². The molecule has 1 fully saturated rings. The Hall–Kier alpha value is -2.22. The van der Waals surface area contributed by atoms with E-state index in [1.807, 2.05) is 0 Å². The van der Waals surface area contributed by atoms with Gasteiger partial charge in [-0.15, -0.1) is 0 Å². The highest BCUT2D eigenvalue weighted by molar-refractivity contribution is 6.01. The van der Waals surface area contributed by atoms with Crippen molar-refractivity contribution in [2.75, 3.05) is 25.5 Å². The quantitative estimate of drug-likeness (QED) is 0.507. The van der Waals surface area contributed by atoms with Gasteiger partial charge in [-0.3, -0.25) is 14.9 Å². The van der Waals surface area contributed by atoms with Gasteiger partial charge in [0.25, 0.3) is 11.6 Å². The Morgan fingerprint density at radius 1 is 1.52 bits per heavy atom. The first-order valence-electron chi connectivity index (χ1n) is 6.38. The Kier molecular flexibility index (Phi) is 3.82. The van der Waals surface area contributed by atoms with Crippen molar-refractivity contribution in [3.8, 4) is 0 Å². The number of nitrogen functional groups attached to an aromatic ring is 1. The molecule has 0 bridgehead atoms. The number of carbonyl (C=O) groups is 1. The lowest BCUT2D eigenvalue weighted by atomic mass is 10.00. The molecule has 2 rings (SSSR count). The summed E-state index contributed by atoms with van der Waals surface area (Å²) in [5, 5.41) is 10.9. The summed E-state index contributed by atoms with van der Waals surface area (Å²) >= 11 is 0. The Morgan fingerprint density at radius 3 is 2.76 bits per heavy atom. The normalized spacial score (nSPS) is 17.6. The van der Waals surface area contributed by atoms with Crippen LogP contribution in [0, 0.1) is 15.9 Å². The summed E-state index contributed by atoms with van der Waals surface area (Å²) in [4.78, 5) is 24.1. The van der Waals surface area contributed by atoms with Crippen molar-refractivity contribution < 1.29 is 18.8 Å². The van der Waals surface area contributed by atoms with Gasteiger partial charge in [-0.25, -0.2) is 4.39 Å². The molecule has 1 amide bonds. The van der Waals surface area contributed by atoms with Crippen LogP contribution in [0.25, 0.3) is 0 Å². The number of nitrogens with zero attached hydrogens (tertiary/aromatic N) is 2. The molecule has 0 atom stereocenters. The first-order valence-corrected chi connectivity index (χ1v) is 6.38. The van der Waals surface area contributed by atoms with E-state index in [2.05, 4.69) is 0 Å². The van der Waals surface area contributed by atoms with Crippen molar-refractivity contribution in [3.63, 3.8) is 0 Å². The third-order valence-electron chi connectivity index (χ3n) is 3.47. The van der Waals surface area contributed by atoms with Gasteiger partial charge in [-0.2, -0.15) is 0 Å². The zero-order chi connectivity index (χ0) is 15.8. The van der Waals surface area contributed by atoms with Crippen molar-refractivity contribution in [1.82, 2.24) is 4.90 Å². The van der Waals surface area contributed by atoms with Gasteiger partial charge in [0, 0.05) is 12.6 Å². The van der Waals surface area contributed by atoms with Crippen molar-refractivity contribution in [3.05, 3.63) is 33.6 Å².